The Balaban J connectivity index is 1.43. The Morgan fingerprint density at radius 2 is 2.03 bits per heavy atom. The van der Waals surface area contributed by atoms with E-state index in [9.17, 15) is 4.79 Å². The van der Waals surface area contributed by atoms with Gasteiger partial charge < -0.3 is 15.4 Å². The van der Waals surface area contributed by atoms with Gasteiger partial charge in [-0.1, -0.05) is 11.6 Å². The Hall–Kier alpha value is -2.77. The second kappa shape index (κ2) is 6.93. The number of nitrogen functional groups attached to an aromatic ring is 1. The number of anilines is 1. The molecule has 5 rings (SSSR count). The molecular formula is C21H20ClN5O2. The largest absolute Gasteiger partial charge is 0.383 e. The van der Waals surface area contributed by atoms with E-state index in [1.165, 1.54) is 12.8 Å². The summed E-state index contributed by atoms with van der Waals surface area (Å²) < 4.78 is 5.53. The average Bonchev–Trinajstić information content (AvgIpc) is 3.43. The van der Waals surface area contributed by atoms with E-state index in [0.717, 1.165) is 27.9 Å². The molecule has 2 aromatic heterocycles. The lowest BCUT2D eigenvalue weighted by molar-refractivity contribution is 0.0783. The van der Waals surface area contributed by atoms with E-state index in [1.807, 2.05) is 12.1 Å². The van der Waals surface area contributed by atoms with Gasteiger partial charge >= 0.3 is 0 Å². The molecule has 29 heavy (non-hydrogen) atoms. The number of hydrogen-bond acceptors (Lipinski definition) is 6. The van der Waals surface area contributed by atoms with Crippen molar-refractivity contribution in [1.82, 2.24) is 20.1 Å². The van der Waals surface area contributed by atoms with Crippen molar-refractivity contribution in [3.63, 3.8) is 0 Å². The highest BCUT2D eigenvalue weighted by atomic mass is 35.5. The summed E-state index contributed by atoms with van der Waals surface area (Å²) in [5.41, 5.74) is 10.7. The Kier molecular flexibility index (Phi) is 4.37. The quantitative estimate of drug-likeness (QED) is 0.709. The third-order valence-electron chi connectivity index (χ3n) is 5.53. The van der Waals surface area contributed by atoms with Crippen LogP contribution in [-0.4, -0.2) is 33.0 Å². The van der Waals surface area contributed by atoms with Gasteiger partial charge in [0.15, 0.2) is 0 Å². The summed E-state index contributed by atoms with van der Waals surface area (Å²) in [5.74, 6) is 0.820. The number of nitrogens with zero attached hydrogens (tertiary/aromatic N) is 4. The minimum Gasteiger partial charge on any atom is -0.383 e. The van der Waals surface area contributed by atoms with E-state index < -0.39 is 0 Å². The first kappa shape index (κ1) is 18.3. The topological polar surface area (TPSA) is 94.2 Å². The van der Waals surface area contributed by atoms with Crippen molar-refractivity contribution in [2.45, 2.75) is 38.5 Å². The van der Waals surface area contributed by atoms with Gasteiger partial charge in [0, 0.05) is 23.9 Å². The minimum absolute atomic E-state index is 0.186. The summed E-state index contributed by atoms with van der Waals surface area (Å²) in [6.45, 7) is 1.24. The highest BCUT2D eigenvalue weighted by Gasteiger charge is 2.26. The van der Waals surface area contributed by atoms with E-state index in [4.69, 9.17) is 22.1 Å². The molecule has 1 aromatic carbocycles. The number of benzene rings is 1. The zero-order chi connectivity index (χ0) is 20.1. The highest BCUT2D eigenvalue weighted by molar-refractivity contribution is 6.34. The molecule has 1 fully saturated rings. The zero-order valence-corrected chi connectivity index (χ0v) is 16.7. The van der Waals surface area contributed by atoms with Crippen LogP contribution in [0.2, 0.25) is 5.02 Å². The number of carbonyl (C=O) groups is 1. The predicted octanol–water partition coefficient (Wildman–Crippen LogP) is 3.44. The lowest BCUT2D eigenvalue weighted by atomic mass is 10.0. The number of aromatic nitrogens is 3. The molecule has 1 saturated carbocycles. The molecule has 0 bridgehead atoms. The van der Waals surface area contributed by atoms with Crippen LogP contribution < -0.4 is 5.73 Å². The molecule has 8 heteroatoms. The van der Waals surface area contributed by atoms with Crippen LogP contribution in [0.15, 0.2) is 24.3 Å². The van der Waals surface area contributed by atoms with Crippen LogP contribution in [0.25, 0.3) is 10.9 Å². The molecular weight excluding hydrogens is 390 g/mol. The van der Waals surface area contributed by atoms with Crippen LogP contribution in [0.4, 0.5) is 5.82 Å². The molecule has 3 heterocycles. The summed E-state index contributed by atoms with van der Waals surface area (Å²) in [5, 5.41) is 9.74. The molecule has 7 nitrogen and oxygen atoms in total. The fourth-order valence-electron chi connectivity index (χ4n) is 3.73. The van der Waals surface area contributed by atoms with Crippen molar-refractivity contribution in [1.29, 1.82) is 0 Å². The molecule has 0 radical (unpaired) electrons. The van der Waals surface area contributed by atoms with E-state index in [2.05, 4.69) is 15.2 Å². The van der Waals surface area contributed by atoms with Crippen LogP contribution in [-0.2, 0) is 24.5 Å². The summed E-state index contributed by atoms with van der Waals surface area (Å²) >= 11 is 6.42. The number of amides is 1. The summed E-state index contributed by atoms with van der Waals surface area (Å²) in [6.07, 6.45) is 2.37. The van der Waals surface area contributed by atoms with Gasteiger partial charge in [0.2, 0.25) is 0 Å². The first-order chi connectivity index (χ1) is 14.0. The molecule has 1 aliphatic heterocycles. The smallest absolute Gasteiger partial charge is 0.255 e. The molecule has 148 valence electrons. The SMILES string of the molecule is CN(Cc1ccc(C2CC2)nn1)C(=O)c1cc2c3c(c(N)nc2cc1Cl)COC3. The van der Waals surface area contributed by atoms with Crippen LogP contribution in [0, 0.1) is 0 Å². The molecule has 0 saturated heterocycles. The van der Waals surface area contributed by atoms with Crippen molar-refractivity contribution in [2.24, 2.45) is 0 Å². The molecule has 1 amide bonds. The Bertz CT molecular complexity index is 1130. The van der Waals surface area contributed by atoms with E-state index in [1.54, 1.807) is 24.1 Å². The van der Waals surface area contributed by atoms with Crippen molar-refractivity contribution < 1.29 is 9.53 Å². The number of ether oxygens (including phenoxy) is 1. The van der Waals surface area contributed by atoms with Gasteiger partial charge in [0.25, 0.3) is 5.91 Å². The third-order valence-corrected chi connectivity index (χ3v) is 5.84. The number of rotatable bonds is 4. The second-order valence-corrected chi connectivity index (χ2v) is 8.09. The molecule has 1 aliphatic carbocycles. The Morgan fingerprint density at radius 1 is 1.24 bits per heavy atom. The fourth-order valence-corrected chi connectivity index (χ4v) is 3.97. The first-order valence-corrected chi connectivity index (χ1v) is 9.95. The van der Waals surface area contributed by atoms with Gasteiger partial charge in [-0.3, -0.25) is 4.79 Å². The first-order valence-electron chi connectivity index (χ1n) is 9.57. The van der Waals surface area contributed by atoms with Crippen LogP contribution in [0.5, 0.6) is 0 Å². The van der Waals surface area contributed by atoms with Crippen LogP contribution >= 0.6 is 11.6 Å². The number of carbonyl (C=O) groups excluding carboxylic acids is 1. The number of halogens is 1. The molecule has 3 aromatic rings. The maximum absolute atomic E-state index is 13.1. The molecule has 2 aliphatic rings. The lowest BCUT2D eigenvalue weighted by Gasteiger charge is -2.18. The monoisotopic (exact) mass is 409 g/mol. The Labute approximate surface area is 172 Å². The number of pyridine rings is 1. The van der Waals surface area contributed by atoms with E-state index in [-0.39, 0.29) is 5.91 Å². The van der Waals surface area contributed by atoms with E-state index >= 15 is 0 Å². The van der Waals surface area contributed by atoms with Gasteiger partial charge in [-0.15, -0.1) is 0 Å². The van der Waals surface area contributed by atoms with Crippen LogP contribution in [0.1, 0.15) is 51.6 Å². The van der Waals surface area contributed by atoms with Crippen molar-refractivity contribution in [2.75, 3.05) is 12.8 Å². The number of nitrogens with two attached hydrogens (primary N) is 1. The average molecular weight is 410 g/mol. The molecule has 0 unspecified atom stereocenters. The summed E-state index contributed by atoms with van der Waals surface area (Å²) in [7, 11) is 1.73. The van der Waals surface area contributed by atoms with Crippen molar-refractivity contribution in [3.8, 4) is 0 Å². The fraction of sp³-hybridized carbons (Fsp3) is 0.333. The maximum Gasteiger partial charge on any atom is 0.255 e. The minimum atomic E-state index is -0.186. The standard InChI is InChI=1S/C21H20ClN5O2/c1-27(8-12-4-5-18(26-25-12)11-2-3-11)21(28)14-6-13-15-9-29-10-16(15)20(23)24-19(13)7-17(14)22/h4-7,11H,2-3,8-10H2,1H3,(H2,23,24). The summed E-state index contributed by atoms with van der Waals surface area (Å²) in [6, 6.07) is 7.42. The lowest BCUT2D eigenvalue weighted by Crippen LogP contribution is -2.27. The van der Waals surface area contributed by atoms with Crippen LogP contribution in [0.3, 0.4) is 0 Å². The van der Waals surface area contributed by atoms with Crippen molar-refractivity contribution >= 4 is 34.2 Å². The van der Waals surface area contributed by atoms with Gasteiger partial charge in [-0.25, -0.2) is 4.98 Å². The maximum atomic E-state index is 13.1. The van der Waals surface area contributed by atoms with Gasteiger partial charge in [0.05, 0.1) is 47.2 Å². The zero-order valence-electron chi connectivity index (χ0n) is 16.0. The molecule has 2 N–H and O–H groups in total. The third kappa shape index (κ3) is 3.30. The van der Waals surface area contributed by atoms with E-state index in [0.29, 0.717) is 47.6 Å². The predicted molar refractivity (Wildman–Crippen MR) is 109 cm³/mol. The normalized spacial score (nSPS) is 15.5. The molecule has 0 atom stereocenters. The Morgan fingerprint density at radius 3 is 2.76 bits per heavy atom. The van der Waals surface area contributed by atoms with Gasteiger partial charge in [-0.2, -0.15) is 10.2 Å². The highest BCUT2D eigenvalue weighted by Crippen LogP contribution is 2.38. The summed E-state index contributed by atoms with van der Waals surface area (Å²) in [4.78, 5) is 19.1. The second-order valence-electron chi connectivity index (χ2n) is 7.68. The van der Waals surface area contributed by atoms with Gasteiger partial charge in [0.1, 0.15) is 5.82 Å². The number of fused-ring (bicyclic) bond motifs is 3. The van der Waals surface area contributed by atoms with Gasteiger partial charge in [-0.05, 0) is 42.7 Å². The number of hydrogen-bond donors (Lipinski definition) is 1. The molecule has 0 spiro atoms. The van der Waals surface area contributed by atoms with Crippen molar-refractivity contribution in [3.05, 3.63) is 57.4 Å².